The SMILES string of the molecule is NC1CC2CCC(C1)N2Cc1cccc([N+](=O)[O-])c1F. The van der Waals surface area contributed by atoms with Gasteiger partial charge in [-0.3, -0.25) is 15.0 Å². The van der Waals surface area contributed by atoms with Crippen LogP contribution in [0, 0.1) is 15.9 Å². The number of nitrogens with two attached hydrogens (primary N) is 1. The molecule has 20 heavy (non-hydrogen) atoms. The van der Waals surface area contributed by atoms with Crippen LogP contribution < -0.4 is 5.73 Å². The van der Waals surface area contributed by atoms with Crippen LogP contribution in [0.2, 0.25) is 0 Å². The van der Waals surface area contributed by atoms with Gasteiger partial charge in [-0.1, -0.05) is 12.1 Å². The number of hydrogen-bond donors (Lipinski definition) is 1. The van der Waals surface area contributed by atoms with Crippen LogP contribution in [-0.2, 0) is 6.54 Å². The van der Waals surface area contributed by atoms with E-state index < -0.39 is 16.4 Å². The zero-order chi connectivity index (χ0) is 14.3. The number of hydrogen-bond acceptors (Lipinski definition) is 4. The molecule has 3 rings (SSSR count). The molecule has 0 radical (unpaired) electrons. The van der Waals surface area contributed by atoms with E-state index in [2.05, 4.69) is 4.90 Å². The van der Waals surface area contributed by atoms with Crippen LogP contribution in [-0.4, -0.2) is 27.9 Å². The van der Waals surface area contributed by atoms with Gasteiger partial charge >= 0.3 is 5.69 Å². The minimum absolute atomic E-state index is 0.235. The average Bonchev–Trinajstić information content (AvgIpc) is 2.64. The number of nitro groups is 1. The summed E-state index contributed by atoms with van der Waals surface area (Å²) in [6.45, 7) is 0.440. The molecular weight excluding hydrogens is 261 g/mol. The van der Waals surface area contributed by atoms with Gasteiger partial charge in [0.15, 0.2) is 0 Å². The molecule has 2 bridgehead atoms. The van der Waals surface area contributed by atoms with Crippen LogP contribution in [0.5, 0.6) is 0 Å². The predicted octanol–water partition coefficient (Wildman–Crippen LogP) is 2.19. The first-order valence-corrected chi connectivity index (χ1v) is 6.99. The summed E-state index contributed by atoms with van der Waals surface area (Å²) in [5, 5.41) is 10.8. The van der Waals surface area contributed by atoms with Gasteiger partial charge in [-0.05, 0) is 25.7 Å². The Kier molecular flexibility index (Phi) is 3.43. The normalized spacial score (nSPS) is 29.6. The molecule has 2 atom stereocenters. The minimum Gasteiger partial charge on any atom is -0.328 e. The molecule has 0 amide bonds. The Labute approximate surface area is 116 Å². The number of halogens is 1. The maximum atomic E-state index is 14.1. The molecule has 5 nitrogen and oxygen atoms in total. The standard InChI is InChI=1S/C14H18FN3O2/c15-14-9(2-1-3-13(14)18(19)20)8-17-11-4-5-12(17)7-10(16)6-11/h1-3,10-12H,4-8,16H2. The zero-order valence-electron chi connectivity index (χ0n) is 11.2. The van der Waals surface area contributed by atoms with Gasteiger partial charge in [0.2, 0.25) is 5.82 Å². The molecule has 1 aromatic carbocycles. The zero-order valence-corrected chi connectivity index (χ0v) is 11.2. The molecule has 2 heterocycles. The Hall–Kier alpha value is -1.53. The summed E-state index contributed by atoms with van der Waals surface area (Å²) in [7, 11) is 0. The third-order valence-corrected chi connectivity index (χ3v) is 4.53. The van der Waals surface area contributed by atoms with E-state index in [1.165, 1.54) is 6.07 Å². The lowest BCUT2D eigenvalue weighted by Crippen LogP contribution is -2.46. The topological polar surface area (TPSA) is 72.4 Å². The largest absolute Gasteiger partial charge is 0.328 e. The molecule has 0 aromatic heterocycles. The fraction of sp³-hybridized carbons (Fsp3) is 0.571. The number of fused-ring (bicyclic) bond motifs is 2. The highest BCUT2D eigenvalue weighted by molar-refractivity contribution is 5.36. The first-order chi connectivity index (χ1) is 9.56. The van der Waals surface area contributed by atoms with E-state index >= 15 is 0 Å². The molecule has 1 aromatic rings. The number of benzene rings is 1. The fourth-order valence-corrected chi connectivity index (χ4v) is 3.60. The van der Waals surface area contributed by atoms with Gasteiger partial charge in [0.25, 0.3) is 0 Å². The van der Waals surface area contributed by atoms with E-state index in [0.717, 1.165) is 25.7 Å². The van der Waals surface area contributed by atoms with Crippen LogP contribution in [0.25, 0.3) is 0 Å². The molecule has 0 spiro atoms. The van der Waals surface area contributed by atoms with Gasteiger partial charge in [0.1, 0.15) is 0 Å². The summed E-state index contributed by atoms with van der Waals surface area (Å²) in [5.41, 5.74) is 5.98. The second-order valence-corrected chi connectivity index (χ2v) is 5.80. The third kappa shape index (κ3) is 2.29. The van der Waals surface area contributed by atoms with Crippen molar-refractivity contribution in [3.05, 3.63) is 39.7 Å². The van der Waals surface area contributed by atoms with Crippen LogP contribution in [0.1, 0.15) is 31.2 Å². The first-order valence-electron chi connectivity index (χ1n) is 6.99. The van der Waals surface area contributed by atoms with Crippen molar-refractivity contribution < 1.29 is 9.31 Å². The van der Waals surface area contributed by atoms with Crippen molar-refractivity contribution in [2.45, 2.75) is 50.4 Å². The van der Waals surface area contributed by atoms with Gasteiger partial charge in [0.05, 0.1) is 4.92 Å². The van der Waals surface area contributed by atoms with E-state index in [9.17, 15) is 14.5 Å². The Morgan fingerprint density at radius 2 is 2.00 bits per heavy atom. The van der Waals surface area contributed by atoms with E-state index in [-0.39, 0.29) is 6.04 Å². The molecule has 2 unspecified atom stereocenters. The van der Waals surface area contributed by atoms with Gasteiger partial charge in [-0.2, -0.15) is 4.39 Å². The third-order valence-electron chi connectivity index (χ3n) is 4.53. The average molecular weight is 279 g/mol. The highest BCUT2D eigenvalue weighted by Gasteiger charge is 2.39. The Morgan fingerprint density at radius 3 is 2.60 bits per heavy atom. The van der Waals surface area contributed by atoms with E-state index in [4.69, 9.17) is 5.73 Å². The van der Waals surface area contributed by atoms with Crippen LogP contribution in [0.3, 0.4) is 0 Å². The number of piperidine rings is 1. The fourth-order valence-electron chi connectivity index (χ4n) is 3.60. The highest BCUT2D eigenvalue weighted by atomic mass is 19.1. The van der Waals surface area contributed by atoms with Crippen molar-refractivity contribution in [2.24, 2.45) is 5.73 Å². The summed E-state index contributed by atoms with van der Waals surface area (Å²) in [5.74, 6) is -0.702. The molecule has 108 valence electrons. The monoisotopic (exact) mass is 279 g/mol. The maximum Gasteiger partial charge on any atom is 0.305 e. The van der Waals surface area contributed by atoms with Crippen molar-refractivity contribution >= 4 is 5.69 Å². The van der Waals surface area contributed by atoms with Crippen LogP contribution in [0.4, 0.5) is 10.1 Å². The van der Waals surface area contributed by atoms with E-state index in [1.54, 1.807) is 12.1 Å². The summed E-state index contributed by atoms with van der Waals surface area (Å²) in [6, 6.07) is 5.41. The lowest BCUT2D eigenvalue weighted by atomic mass is 9.97. The smallest absolute Gasteiger partial charge is 0.305 e. The molecule has 0 aliphatic carbocycles. The quantitative estimate of drug-likeness (QED) is 0.680. The van der Waals surface area contributed by atoms with Gasteiger partial charge in [-0.15, -0.1) is 0 Å². The van der Waals surface area contributed by atoms with Gasteiger partial charge in [0, 0.05) is 36.3 Å². The second-order valence-electron chi connectivity index (χ2n) is 5.80. The molecule has 6 heteroatoms. The summed E-state index contributed by atoms with van der Waals surface area (Å²) in [4.78, 5) is 12.4. The number of nitrogens with zero attached hydrogens (tertiary/aromatic N) is 2. The molecular formula is C14H18FN3O2. The van der Waals surface area contributed by atoms with Crippen molar-refractivity contribution in [3.8, 4) is 0 Å². The minimum atomic E-state index is -0.702. The molecule has 2 aliphatic heterocycles. The van der Waals surface area contributed by atoms with Crippen LogP contribution >= 0.6 is 0 Å². The molecule has 2 aliphatic rings. The first kappa shape index (κ1) is 13.5. The van der Waals surface area contributed by atoms with Gasteiger partial charge < -0.3 is 5.73 Å². The Morgan fingerprint density at radius 1 is 1.35 bits per heavy atom. The second kappa shape index (κ2) is 5.10. The van der Waals surface area contributed by atoms with Crippen molar-refractivity contribution in [3.63, 3.8) is 0 Å². The van der Waals surface area contributed by atoms with E-state index in [1.807, 2.05) is 0 Å². The predicted molar refractivity (Wildman–Crippen MR) is 72.6 cm³/mol. The highest BCUT2D eigenvalue weighted by Crippen LogP contribution is 2.36. The van der Waals surface area contributed by atoms with Crippen LogP contribution in [0.15, 0.2) is 18.2 Å². The molecule has 0 saturated carbocycles. The lowest BCUT2D eigenvalue weighted by molar-refractivity contribution is -0.387. The van der Waals surface area contributed by atoms with Crippen molar-refractivity contribution in [1.29, 1.82) is 0 Å². The summed E-state index contributed by atoms with van der Waals surface area (Å²) >= 11 is 0. The van der Waals surface area contributed by atoms with E-state index in [0.29, 0.717) is 24.2 Å². The Balaban J connectivity index is 1.82. The Bertz CT molecular complexity index is 523. The number of nitro benzene ring substituents is 1. The lowest BCUT2D eigenvalue weighted by Gasteiger charge is -2.37. The molecule has 2 N–H and O–H groups in total. The van der Waals surface area contributed by atoms with Crippen molar-refractivity contribution in [2.75, 3.05) is 0 Å². The molecule has 2 saturated heterocycles. The van der Waals surface area contributed by atoms with Crippen molar-refractivity contribution in [1.82, 2.24) is 4.90 Å². The van der Waals surface area contributed by atoms with Gasteiger partial charge in [-0.25, -0.2) is 0 Å². The number of rotatable bonds is 3. The molecule has 2 fully saturated rings. The maximum absolute atomic E-state index is 14.1. The summed E-state index contributed by atoms with van der Waals surface area (Å²) in [6.07, 6.45) is 4.06. The summed E-state index contributed by atoms with van der Waals surface area (Å²) < 4.78 is 14.1.